The van der Waals surface area contributed by atoms with Gasteiger partial charge >= 0.3 is 5.97 Å². The summed E-state index contributed by atoms with van der Waals surface area (Å²) in [5, 5.41) is 3.35. The summed E-state index contributed by atoms with van der Waals surface area (Å²) < 4.78 is 9.16. The van der Waals surface area contributed by atoms with Gasteiger partial charge in [0.2, 0.25) is 0 Å². The van der Waals surface area contributed by atoms with Gasteiger partial charge in [-0.3, -0.25) is 0 Å². The van der Waals surface area contributed by atoms with E-state index in [4.69, 9.17) is 4.74 Å². The van der Waals surface area contributed by atoms with Crippen LogP contribution in [-0.4, -0.2) is 24.7 Å². The summed E-state index contributed by atoms with van der Waals surface area (Å²) in [5.74, 6) is -0.175. The fourth-order valence-electron chi connectivity index (χ4n) is 2.70. The van der Waals surface area contributed by atoms with Crippen molar-refractivity contribution in [2.24, 2.45) is 0 Å². The molecule has 1 saturated heterocycles. The van der Waals surface area contributed by atoms with Crippen molar-refractivity contribution in [1.29, 1.82) is 0 Å². The Labute approximate surface area is 166 Å². The van der Waals surface area contributed by atoms with Crippen molar-refractivity contribution in [3.05, 3.63) is 28.4 Å². The van der Waals surface area contributed by atoms with Crippen LogP contribution >= 0.6 is 67.8 Å². The Morgan fingerprint density at radius 1 is 1.29 bits per heavy atom. The van der Waals surface area contributed by atoms with Gasteiger partial charge in [0.05, 0.1) is 5.56 Å². The average Bonchev–Trinajstić information content (AvgIpc) is 2.43. The van der Waals surface area contributed by atoms with Crippen LogP contribution in [0.25, 0.3) is 0 Å². The Morgan fingerprint density at radius 3 is 2.57 bits per heavy atom. The van der Waals surface area contributed by atoms with Gasteiger partial charge in [-0.1, -0.05) is 13.3 Å². The molecule has 0 spiro atoms. The number of ether oxygens (including phenoxy) is 1. The first-order chi connectivity index (χ1) is 9.97. The Bertz CT molecular complexity index is 522. The molecule has 1 aliphatic heterocycles. The third-order valence-corrected chi connectivity index (χ3v) is 7.41. The molecule has 0 amide bonds. The van der Waals surface area contributed by atoms with Gasteiger partial charge in [-0.2, -0.15) is 0 Å². The Hall–Kier alpha value is 0.840. The summed E-state index contributed by atoms with van der Waals surface area (Å²) in [6.07, 6.45) is 3.79. The molecule has 0 unspecified atom stereocenters. The highest BCUT2D eigenvalue weighted by atomic mass is 127. The predicted octanol–water partition coefficient (Wildman–Crippen LogP) is 4.58. The molecule has 6 heteroatoms. The number of carbonyl (C=O) groups excluding carboxylic acids is 1. The van der Waals surface area contributed by atoms with Crippen LogP contribution in [0.5, 0.6) is 0 Å². The maximum absolute atomic E-state index is 12.7. The van der Waals surface area contributed by atoms with E-state index in [1.54, 1.807) is 0 Å². The van der Waals surface area contributed by atoms with E-state index >= 15 is 0 Å². The van der Waals surface area contributed by atoms with Crippen molar-refractivity contribution >= 4 is 73.7 Å². The molecule has 3 nitrogen and oxygen atoms in total. The van der Waals surface area contributed by atoms with E-state index in [9.17, 15) is 4.79 Å². The fourth-order valence-corrected chi connectivity index (χ4v) is 5.07. The quantitative estimate of drug-likeness (QED) is 0.303. The molecule has 1 aliphatic rings. The lowest BCUT2D eigenvalue weighted by Crippen LogP contribution is -2.45. The fraction of sp³-hybridized carbons (Fsp3) is 0.533. The van der Waals surface area contributed by atoms with Crippen LogP contribution in [0.15, 0.2) is 12.1 Å². The molecule has 1 aromatic rings. The van der Waals surface area contributed by atoms with E-state index in [0.29, 0.717) is 5.56 Å². The summed E-state index contributed by atoms with van der Waals surface area (Å²) >= 11 is 6.75. The zero-order chi connectivity index (χ0) is 15.5. The van der Waals surface area contributed by atoms with E-state index in [-0.39, 0.29) is 11.6 Å². The lowest BCUT2D eigenvalue weighted by molar-refractivity contribution is -0.0390. The maximum atomic E-state index is 12.7. The lowest BCUT2D eigenvalue weighted by atomic mass is 9.87. The molecule has 1 heterocycles. The van der Waals surface area contributed by atoms with Crippen LogP contribution in [-0.2, 0) is 4.74 Å². The molecule has 0 radical (unpaired) electrons. The minimum Gasteiger partial charge on any atom is -0.455 e. The number of rotatable bonds is 4. The maximum Gasteiger partial charge on any atom is 0.339 e. The summed E-state index contributed by atoms with van der Waals surface area (Å²) in [4.78, 5) is 12.7. The van der Waals surface area contributed by atoms with Crippen molar-refractivity contribution in [2.45, 2.75) is 38.2 Å². The van der Waals surface area contributed by atoms with Crippen molar-refractivity contribution in [2.75, 3.05) is 13.1 Å². The highest BCUT2D eigenvalue weighted by molar-refractivity contribution is 14.1. The largest absolute Gasteiger partial charge is 0.455 e. The van der Waals surface area contributed by atoms with Crippen LogP contribution in [0.3, 0.4) is 0 Å². The first kappa shape index (κ1) is 18.2. The predicted molar refractivity (Wildman–Crippen MR) is 110 cm³/mol. The molecule has 0 bridgehead atoms. The van der Waals surface area contributed by atoms with E-state index in [2.05, 4.69) is 86.1 Å². The molecule has 1 N–H and O–H groups in total. The standard InChI is InChI=1S/C15H18I3NO2/c1-2-3-15(4-6-19-7-5-15)21-14(20)11-8-10(16)9-12(17)13(11)18/h8-9,19H,2-7H2,1H3. The van der Waals surface area contributed by atoms with Gasteiger partial charge in [0.1, 0.15) is 5.60 Å². The van der Waals surface area contributed by atoms with Crippen molar-refractivity contribution in [3.8, 4) is 0 Å². The summed E-state index contributed by atoms with van der Waals surface area (Å²) in [6.45, 7) is 4.00. The van der Waals surface area contributed by atoms with Crippen molar-refractivity contribution < 1.29 is 9.53 Å². The second-order valence-corrected chi connectivity index (χ2v) is 8.81. The van der Waals surface area contributed by atoms with Crippen LogP contribution in [0.2, 0.25) is 0 Å². The number of hydrogen-bond donors (Lipinski definition) is 1. The molecule has 116 valence electrons. The minimum atomic E-state index is -0.285. The lowest BCUT2D eigenvalue weighted by Gasteiger charge is -2.37. The van der Waals surface area contributed by atoms with Crippen LogP contribution in [0, 0.1) is 10.7 Å². The second-order valence-electron chi connectivity index (χ2n) is 5.32. The van der Waals surface area contributed by atoms with E-state index in [1.807, 2.05) is 6.07 Å². The van der Waals surface area contributed by atoms with Crippen molar-refractivity contribution in [1.82, 2.24) is 5.32 Å². The number of esters is 1. The number of halogens is 3. The first-order valence-electron chi connectivity index (χ1n) is 7.06. The molecule has 1 fully saturated rings. The molecule has 1 aromatic carbocycles. The smallest absolute Gasteiger partial charge is 0.339 e. The third-order valence-electron chi connectivity index (χ3n) is 3.74. The Balaban J connectivity index is 2.23. The number of benzene rings is 1. The zero-order valence-electron chi connectivity index (χ0n) is 11.8. The van der Waals surface area contributed by atoms with E-state index < -0.39 is 0 Å². The highest BCUT2D eigenvalue weighted by Gasteiger charge is 2.35. The summed E-state index contributed by atoms with van der Waals surface area (Å²) in [7, 11) is 0. The zero-order valence-corrected chi connectivity index (χ0v) is 18.3. The minimum absolute atomic E-state index is 0.175. The topological polar surface area (TPSA) is 38.3 Å². The second kappa shape index (κ2) is 8.09. The van der Waals surface area contributed by atoms with Gasteiger partial charge in [-0.05, 0) is 112 Å². The van der Waals surface area contributed by atoms with Gasteiger partial charge in [0, 0.05) is 10.7 Å². The van der Waals surface area contributed by atoms with Gasteiger partial charge in [0.25, 0.3) is 0 Å². The summed E-state index contributed by atoms with van der Waals surface area (Å²) in [5.41, 5.74) is 0.410. The Morgan fingerprint density at radius 2 is 1.95 bits per heavy atom. The molecule has 2 rings (SSSR count). The molecular weight excluding hydrogens is 607 g/mol. The van der Waals surface area contributed by atoms with Crippen molar-refractivity contribution in [3.63, 3.8) is 0 Å². The molecule has 0 aromatic heterocycles. The van der Waals surface area contributed by atoms with Gasteiger partial charge in [-0.25, -0.2) is 4.79 Å². The molecule has 0 aliphatic carbocycles. The SMILES string of the molecule is CCCC1(OC(=O)c2cc(I)cc(I)c2I)CCNCC1. The van der Waals surface area contributed by atoms with E-state index in [0.717, 1.165) is 49.5 Å². The number of carbonyl (C=O) groups is 1. The number of hydrogen-bond acceptors (Lipinski definition) is 3. The molecular formula is C15H18I3NO2. The van der Waals surface area contributed by atoms with Gasteiger partial charge in [0.15, 0.2) is 0 Å². The van der Waals surface area contributed by atoms with E-state index in [1.165, 1.54) is 0 Å². The summed E-state index contributed by atoms with van der Waals surface area (Å²) in [6, 6.07) is 4.00. The molecule has 0 saturated carbocycles. The van der Waals surface area contributed by atoms with Crippen LogP contribution in [0.1, 0.15) is 43.0 Å². The highest BCUT2D eigenvalue weighted by Crippen LogP contribution is 2.31. The molecule has 0 atom stereocenters. The number of nitrogens with one attached hydrogen (secondary N) is 1. The van der Waals surface area contributed by atoms with Gasteiger partial charge < -0.3 is 10.1 Å². The average molecular weight is 625 g/mol. The van der Waals surface area contributed by atoms with Gasteiger partial charge in [-0.15, -0.1) is 0 Å². The Kier molecular flexibility index (Phi) is 7.01. The normalized spacial score (nSPS) is 17.5. The first-order valence-corrected chi connectivity index (χ1v) is 10.3. The van der Waals surface area contributed by atoms with Crippen LogP contribution in [0.4, 0.5) is 0 Å². The monoisotopic (exact) mass is 625 g/mol. The molecule has 21 heavy (non-hydrogen) atoms. The van der Waals surface area contributed by atoms with Crippen LogP contribution < -0.4 is 5.32 Å². The number of piperidine rings is 1. The third kappa shape index (κ3) is 4.66.